The van der Waals surface area contributed by atoms with Crippen molar-refractivity contribution in [3.8, 4) is 0 Å². The minimum atomic E-state index is -3.67. The second-order valence-corrected chi connectivity index (χ2v) is 6.29. The van der Waals surface area contributed by atoms with Crippen LogP contribution in [0.1, 0.15) is 0 Å². The van der Waals surface area contributed by atoms with Crippen LogP contribution in [0.2, 0.25) is 0 Å². The van der Waals surface area contributed by atoms with E-state index in [2.05, 4.69) is 20.7 Å². The van der Waals surface area contributed by atoms with Gasteiger partial charge in [-0.1, -0.05) is 12.1 Å². The van der Waals surface area contributed by atoms with Crippen molar-refractivity contribution in [3.63, 3.8) is 0 Å². The van der Waals surface area contributed by atoms with Gasteiger partial charge in [-0.25, -0.2) is 13.1 Å². The fraction of sp³-hybridized carbons (Fsp3) is 0.333. The molecular formula is C12H16N4O4S. The summed E-state index contributed by atoms with van der Waals surface area (Å²) in [5.41, 5.74) is 0.190. The monoisotopic (exact) mass is 312 g/mol. The van der Waals surface area contributed by atoms with Crippen LogP contribution in [0.15, 0.2) is 29.2 Å². The second-order valence-electron chi connectivity index (χ2n) is 4.43. The molecule has 1 aliphatic rings. The second kappa shape index (κ2) is 6.20. The summed E-state index contributed by atoms with van der Waals surface area (Å²) in [6, 6.07) is 5.49. The minimum Gasteiger partial charge on any atom is -0.353 e. The summed E-state index contributed by atoms with van der Waals surface area (Å²) in [5.74, 6) is -0.592. The molecule has 0 radical (unpaired) electrons. The molecule has 0 aliphatic carbocycles. The zero-order valence-electron chi connectivity index (χ0n) is 11.3. The van der Waals surface area contributed by atoms with Crippen LogP contribution < -0.4 is 20.7 Å². The van der Waals surface area contributed by atoms with Gasteiger partial charge in [0, 0.05) is 6.54 Å². The number of piperazine rings is 1. The first-order valence-corrected chi connectivity index (χ1v) is 7.76. The van der Waals surface area contributed by atoms with E-state index in [0.29, 0.717) is 0 Å². The molecule has 1 aromatic carbocycles. The SMILES string of the molecule is CNS(=O)(=O)c1ccccc1NC(=O)C1CNC(=O)CN1. The van der Waals surface area contributed by atoms with Crippen molar-refractivity contribution >= 4 is 27.5 Å². The lowest BCUT2D eigenvalue weighted by Crippen LogP contribution is -2.56. The molecule has 21 heavy (non-hydrogen) atoms. The number of carbonyl (C=O) groups is 2. The van der Waals surface area contributed by atoms with Crippen LogP contribution in [0.5, 0.6) is 0 Å². The maximum absolute atomic E-state index is 12.1. The first-order chi connectivity index (χ1) is 9.94. The van der Waals surface area contributed by atoms with E-state index in [1.54, 1.807) is 12.1 Å². The first-order valence-electron chi connectivity index (χ1n) is 6.27. The molecule has 114 valence electrons. The van der Waals surface area contributed by atoms with Crippen LogP contribution in [-0.2, 0) is 19.6 Å². The van der Waals surface area contributed by atoms with Crippen LogP contribution in [-0.4, -0.2) is 46.4 Å². The molecule has 0 spiro atoms. The molecule has 4 N–H and O–H groups in total. The summed E-state index contributed by atoms with van der Waals surface area (Å²) in [4.78, 5) is 23.1. The number of anilines is 1. The molecule has 1 unspecified atom stereocenters. The van der Waals surface area contributed by atoms with Crippen LogP contribution in [0.25, 0.3) is 0 Å². The maximum atomic E-state index is 12.1. The fourth-order valence-electron chi connectivity index (χ4n) is 1.89. The van der Waals surface area contributed by atoms with Crippen LogP contribution in [0.3, 0.4) is 0 Å². The molecule has 1 fully saturated rings. The molecule has 0 bridgehead atoms. The molecule has 9 heteroatoms. The van der Waals surface area contributed by atoms with Crippen molar-refractivity contribution in [1.29, 1.82) is 0 Å². The van der Waals surface area contributed by atoms with Gasteiger partial charge in [0.05, 0.1) is 12.2 Å². The highest BCUT2D eigenvalue weighted by molar-refractivity contribution is 7.89. The zero-order valence-corrected chi connectivity index (χ0v) is 12.2. The molecule has 1 saturated heterocycles. The molecule has 1 aliphatic heterocycles. The van der Waals surface area contributed by atoms with Crippen molar-refractivity contribution in [3.05, 3.63) is 24.3 Å². The van der Waals surface area contributed by atoms with E-state index in [1.165, 1.54) is 19.2 Å². The molecule has 0 saturated carbocycles. The standard InChI is InChI=1S/C12H16N4O4S/c1-13-21(19,20)10-5-3-2-4-8(10)16-12(18)9-6-15-11(17)7-14-9/h2-5,9,13-14H,6-7H2,1H3,(H,15,17)(H,16,18). The van der Waals surface area contributed by atoms with Gasteiger partial charge < -0.3 is 10.6 Å². The molecule has 2 rings (SSSR count). The lowest BCUT2D eigenvalue weighted by Gasteiger charge is -2.23. The van der Waals surface area contributed by atoms with Crippen molar-refractivity contribution in [1.82, 2.24) is 15.4 Å². The number of sulfonamides is 1. The lowest BCUT2D eigenvalue weighted by atomic mass is 10.2. The summed E-state index contributed by atoms with van der Waals surface area (Å²) in [5, 5.41) is 7.90. The van der Waals surface area contributed by atoms with E-state index in [0.717, 1.165) is 0 Å². The van der Waals surface area contributed by atoms with Gasteiger partial charge in [0.15, 0.2) is 0 Å². The Kier molecular flexibility index (Phi) is 4.56. The van der Waals surface area contributed by atoms with Crippen LogP contribution in [0.4, 0.5) is 5.69 Å². The van der Waals surface area contributed by atoms with Crippen LogP contribution in [0, 0.1) is 0 Å². The number of amides is 2. The highest BCUT2D eigenvalue weighted by Gasteiger charge is 2.25. The van der Waals surface area contributed by atoms with E-state index in [9.17, 15) is 18.0 Å². The Morgan fingerprint density at radius 2 is 2.05 bits per heavy atom. The maximum Gasteiger partial charge on any atom is 0.243 e. The van der Waals surface area contributed by atoms with Crippen molar-refractivity contribution in [2.75, 3.05) is 25.5 Å². The van der Waals surface area contributed by atoms with Crippen LogP contribution >= 0.6 is 0 Å². The number of nitrogens with one attached hydrogen (secondary N) is 4. The van der Waals surface area contributed by atoms with Gasteiger partial charge in [0.2, 0.25) is 21.8 Å². The van der Waals surface area contributed by atoms with Gasteiger partial charge in [0.1, 0.15) is 10.9 Å². The van der Waals surface area contributed by atoms with E-state index in [4.69, 9.17) is 0 Å². The fourth-order valence-corrected chi connectivity index (χ4v) is 2.77. The molecule has 2 amide bonds. The smallest absolute Gasteiger partial charge is 0.243 e. The Labute approximate surface area is 122 Å². The molecule has 1 atom stereocenters. The average molecular weight is 312 g/mol. The summed E-state index contributed by atoms with van der Waals surface area (Å²) in [6.07, 6.45) is 0. The number of carbonyl (C=O) groups excluding carboxylic acids is 2. The third-order valence-corrected chi connectivity index (χ3v) is 4.50. The highest BCUT2D eigenvalue weighted by Crippen LogP contribution is 2.20. The Morgan fingerprint density at radius 1 is 1.33 bits per heavy atom. The molecule has 0 aromatic heterocycles. The molecular weight excluding hydrogens is 296 g/mol. The molecule has 1 heterocycles. The minimum absolute atomic E-state index is 0.0132. The Hall–Kier alpha value is -1.97. The quantitative estimate of drug-likeness (QED) is 0.547. The third-order valence-electron chi connectivity index (χ3n) is 3.03. The van der Waals surface area contributed by atoms with Gasteiger partial charge in [-0.2, -0.15) is 0 Å². The number of hydrogen-bond acceptors (Lipinski definition) is 5. The van der Waals surface area contributed by atoms with E-state index in [1.807, 2.05) is 0 Å². The van der Waals surface area contributed by atoms with Gasteiger partial charge in [0.25, 0.3) is 0 Å². The molecule has 8 nitrogen and oxygen atoms in total. The summed E-state index contributed by atoms with van der Waals surface area (Å²) >= 11 is 0. The number of benzene rings is 1. The predicted octanol–water partition coefficient (Wildman–Crippen LogP) is -1.38. The van der Waals surface area contributed by atoms with Crippen molar-refractivity contribution in [2.24, 2.45) is 0 Å². The highest BCUT2D eigenvalue weighted by atomic mass is 32.2. The summed E-state index contributed by atoms with van der Waals surface area (Å²) < 4.78 is 26.0. The zero-order chi connectivity index (χ0) is 15.5. The molecule has 1 aromatic rings. The lowest BCUT2D eigenvalue weighted by molar-refractivity contribution is -0.124. The number of rotatable bonds is 4. The topological polar surface area (TPSA) is 116 Å². The van der Waals surface area contributed by atoms with Gasteiger partial charge in [-0.3, -0.25) is 14.9 Å². The van der Waals surface area contributed by atoms with E-state index >= 15 is 0 Å². The normalized spacial score (nSPS) is 18.9. The van der Waals surface area contributed by atoms with E-state index in [-0.39, 0.29) is 29.6 Å². The van der Waals surface area contributed by atoms with Crippen molar-refractivity contribution < 1.29 is 18.0 Å². The van der Waals surface area contributed by atoms with Crippen molar-refractivity contribution in [2.45, 2.75) is 10.9 Å². The van der Waals surface area contributed by atoms with Gasteiger partial charge in [-0.15, -0.1) is 0 Å². The number of hydrogen-bond donors (Lipinski definition) is 4. The van der Waals surface area contributed by atoms with Gasteiger partial charge >= 0.3 is 0 Å². The Balaban J connectivity index is 2.17. The average Bonchev–Trinajstić information content (AvgIpc) is 2.48. The third kappa shape index (κ3) is 3.57. The van der Waals surface area contributed by atoms with Gasteiger partial charge in [-0.05, 0) is 19.2 Å². The number of para-hydroxylation sites is 1. The first kappa shape index (κ1) is 15.4. The summed E-state index contributed by atoms with van der Waals surface area (Å²) in [7, 11) is -2.37. The Morgan fingerprint density at radius 3 is 2.67 bits per heavy atom. The largest absolute Gasteiger partial charge is 0.353 e. The summed E-state index contributed by atoms with van der Waals surface area (Å²) in [6.45, 7) is 0.208. The van der Waals surface area contributed by atoms with E-state index < -0.39 is 22.0 Å². The predicted molar refractivity (Wildman–Crippen MR) is 76.1 cm³/mol. The Bertz CT molecular complexity index is 649.